The first-order chi connectivity index (χ1) is 9.51. The molecule has 20 heavy (non-hydrogen) atoms. The number of rotatable bonds is 4. The van der Waals surface area contributed by atoms with Gasteiger partial charge < -0.3 is 0 Å². The molecule has 0 atom stereocenters. The van der Waals surface area contributed by atoms with Gasteiger partial charge in [-0.05, 0) is 36.8 Å². The number of carbonyl (C=O) groups is 1. The van der Waals surface area contributed by atoms with Crippen LogP contribution in [0.1, 0.15) is 20.1 Å². The number of carbonyl (C=O) groups excluding carboxylic acids is 1. The Morgan fingerprint density at radius 3 is 2.75 bits per heavy atom. The summed E-state index contributed by atoms with van der Waals surface area (Å²) in [6.07, 6.45) is 0. The maximum atomic E-state index is 13.1. The zero-order chi connectivity index (χ0) is 14.7. The van der Waals surface area contributed by atoms with E-state index in [1.165, 1.54) is 29.2 Å². The van der Waals surface area contributed by atoms with Crippen molar-refractivity contribution in [3.63, 3.8) is 0 Å². The second kappa shape index (κ2) is 6.34. The Labute approximate surface area is 123 Å². The SMILES string of the molecule is Cc1sc(C(=O)NN)cc1CSc1ccc(F)c(F)c1. The number of hydrogen-bond donors (Lipinski definition) is 2. The van der Waals surface area contributed by atoms with Gasteiger partial charge in [-0.3, -0.25) is 10.2 Å². The van der Waals surface area contributed by atoms with Gasteiger partial charge in [-0.1, -0.05) is 0 Å². The standard InChI is InChI=1S/C13H12F2N2OS2/c1-7-8(4-12(20-7)13(18)17-16)6-19-9-2-3-10(14)11(15)5-9/h2-5H,6,16H2,1H3,(H,17,18). The van der Waals surface area contributed by atoms with E-state index in [4.69, 9.17) is 5.84 Å². The Kier molecular flexibility index (Phi) is 4.74. The zero-order valence-electron chi connectivity index (χ0n) is 10.6. The van der Waals surface area contributed by atoms with Crippen molar-refractivity contribution in [2.45, 2.75) is 17.6 Å². The van der Waals surface area contributed by atoms with E-state index in [1.54, 1.807) is 6.07 Å². The fourth-order valence-electron chi connectivity index (χ4n) is 1.57. The number of aryl methyl sites for hydroxylation is 1. The van der Waals surface area contributed by atoms with Crippen molar-refractivity contribution in [1.82, 2.24) is 5.43 Å². The fourth-order valence-corrected chi connectivity index (χ4v) is 3.58. The van der Waals surface area contributed by atoms with Gasteiger partial charge in [0.25, 0.3) is 5.91 Å². The van der Waals surface area contributed by atoms with E-state index in [0.717, 1.165) is 22.6 Å². The molecule has 3 N–H and O–H groups in total. The van der Waals surface area contributed by atoms with Crippen molar-refractivity contribution in [2.75, 3.05) is 0 Å². The summed E-state index contributed by atoms with van der Waals surface area (Å²) in [6, 6.07) is 5.55. The molecule has 0 saturated heterocycles. The minimum absolute atomic E-state index is 0.331. The highest BCUT2D eigenvalue weighted by Crippen LogP contribution is 2.29. The third-order valence-electron chi connectivity index (χ3n) is 2.66. The Bertz CT molecular complexity index is 643. The second-order valence-electron chi connectivity index (χ2n) is 4.03. The summed E-state index contributed by atoms with van der Waals surface area (Å²) in [7, 11) is 0. The van der Waals surface area contributed by atoms with Crippen LogP contribution in [0.4, 0.5) is 8.78 Å². The van der Waals surface area contributed by atoms with Crippen LogP contribution in [-0.4, -0.2) is 5.91 Å². The lowest BCUT2D eigenvalue weighted by Crippen LogP contribution is -2.29. The van der Waals surface area contributed by atoms with Gasteiger partial charge in [-0.25, -0.2) is 14.6 Å². The van der Waals surface area contributed by atoms with Crippen LogP contribution in [0.2, 0.25) is 0 Å². The average Bonchev–Trinajstić information content (AvgIpc) is 2.80. The number of thioether (sulfide) groups is 1. The lowest BCUT2D eigenvalue weighted by atomic mass is 10.3. The summed E-state index contributed by atoms with van der Waals surface area (Å²) >= 11 is 2.73. The zero-order valence-corrected chi connectivity index (χ0v) is 12.2. The van der Waals surface area contributed by atoms with Crippen LogP contribution in [0.15, 0.2) is 29.2 Å². The average molecular weight is 314 g/mol. The third kappa shape index (κ3) is 3.36. The number of nitrogen functional groups attached to an aromatic ring is 1. The number of hydrazine groups is 1. The van der Waals surface area contributed by atoms with Gasteiger partial charge in [0.15, 0.2) is 11.6 Å². The highest BCUT2D eigenvalue weighted by molar-refractivity contribution is 7.98. The molecule has 0 saturated carbocycles. The summed E-state index contributed by atoms with van der Waals surface area (Å²) < 4.78 is 25.9. The number of hydrogen-bond acceptors (Lipinski definition) is 4. The lowest BCUT2D eigenvalue weighted by molar-refractivity contribution is 0.0957. The monoisotopic (exact) mass is 314 g/mol. The van der Waals surface area contributed by atoms with Gasteiger partial charge in [-0.2, -0.15) is 0 Å². The highest BCUT2D eigenvalue weighted by atomic mass is 32.2. The van der Waals surface area contributed by atoms with Crippen LogP contribution < -0.4 is 11.3 Å². The Morgan fingerprint density at radius 1 is 1.35 bits per heavy atom. The maximum Gasteiger partial charge on any atom is 0.275 e. The third-order valence-corrected chi connectivity index (χ3v) is 4.80. The predicted octanol–water partition coefficient (Wildman–Crippen LogP) is 3.23. The largest absolute Gasteiger partial charge is 0.289 e. The smallest absolute Gasteiger partial charge is 0.275 e. The molecule has 3 nitrogen and oxygen atoms in total. The fraction of sp³-hybridized carbons (Fsp3) is 0.154. The summed E-state index contributed by atoms with van der Waals surface area (Å²) in [5.74, 6) is 3.61. The molecule has 1 heterocycles. The number of benzene rings is 1. The van der Waals surface area contributed by atoms with Gasteiger partial charge in [0, 0.05) is 15.5 Å². The van der Waals surface area contributed by atoms with Crippen molar-refractivity contribution >= 4 is 29.0 Å². The Balaban J connectivity index is 2.08. The summed E-state index contributed by atoms with van der Waals surface area (Å²) in [5.41, 5.74) is 3.06. The van der Waals surface area contributed by atoms with Crippen LogP contribution in [0.25, 0.3) is 0 Å². The molecular weight excluding hydrogens is 302 g/mol. The molecule has 106 valence electrons. The van der Waals surface area contributed by atoms with Crippen molar-refractivity contribution in [3.8, 4) is 0 Å². The van der Waals surface area contributed by atoms with Gasteiger partial charge in [0.2, 0.25) is 0 Å². The van der Waals surface area contributed by atoms with Crippen LogP contribution in [0.5, 0.6) is 0 Å². The predicted molar refractivity (Wildman–Crippen MR) is 76.6 cm³/mol. The maximum absolute atomic E-state index is 13.1. The second-order valence-corrected chi connectivity index (χ2v) is 6.34. The molecule has 2 rings (SSSR count). The van der Waals surface area contributed by atoms with E-state index >= 15 is 0 Å². The normalized spacial score (nSPS) is 10.6. The van der Waals surface area contributed by atoms with Gasteiger partial charge >= 0.3 is 0 Å². The highest BCUT2D eigenvalue weighted by Gasteiger charge is 2.12. The number of amides is 1. The van der Waals surface area contributed by atoms with Gasteiger partial charge in [0.05, 0.1) is 4.88 Å². The molecule has 0 aliphatic carbocycles. The molecular formula is C13H12F2N2OS2. The van der Waals surface area contributed by atoms with E-state index in [9.17, 15) is 13.6 Å². The summed E-state index contributed by atoms with van der Waals surface area (Å²) in [6.45, 7) is 1.90. The van der Waals surface area contributed by atoms with E-state index in [1.807, 2.05) is 6.92 Å². The van der Waals surface area contributed by atoms with Crippen LogP contribution >= 0.6 is 23.1 Å². The van der Waals surface area contributed by atoms with E-state index in [2.05, 4.69) is 5.43 Å². The van der Waals surface area contributed by atoms with Gasteiger partial charge in [0.1, 0.15) is 0 Å². The number of nitrogens with two attached hydrogens (primary N) is 1. The number of nitrogens with one attached hydrogen (secondary N) is 1. The molecule has 1 amide bonds. The molecule has 0 aliphatic heterocycles. The molecule has 7 heteroatoms. The van der Waals surface area contributed by atoms with Crippen LogP contribution in [0, 0.1) is 18.6 Å². The van der Waals surface area contributed by atoms with E-state index in [-0.39, 0.29) is 5.91 Å². The first kappa shape index (κ1) is 15.0. The van der Waals surface area contributed by atoms with Crippen molar-refractivity contribution in [2.24, 2.45) is 5.84 Å². The van der Waals surface area contributed by atoms with Crippen molar-refractivity contribution in [1.29, 1.82) is 0 Å². The molecule has 1 aromatic carbocycles. The molecule has 0 radical (unpaired) electrons. The van der Waals surface area contributed by atoms with Crippen LogP contribution in [0.3, 0.4) is 0 Å². The van der Waals surface area contributed by atoms with E-state index < -0.39 is 11.6 Å². The lowest BCUT2D eigenvalue weighted by Gasteiger charge is -2.02. The minimum atomic E-state index is -0.861. The van der Waals surface area contributed by atoms with Crippen molar-refractivity contribution < 1.29 is 13.6 Å². The summed E-state index contributed by atoms with van der Waals surface area (Å²) in [5, 5.41) is 0. The Hall–Kier alpha value is -1.44. The first-order valence-electron chi connectivity index (χ1n) is 5.69. The topological polar surface area (TPSA) is 55.1 Å². The molecule has 0 fully saturated rings. The first-order valence-corrected chi connectivity index (χ1v) is 7.49. The molecule has 0 aliphatic rings. The van der Waals surface area contributed by atoms with Crippen molar-refractivity contribution in [3.05, 3.63) is 51.2 Å². The molecule has 0 spiro atoms. The molecule has 0 unspecified atom stereocenters. The molecule has 1 aromatic heterocycles. The number of thiophene rings is 1. The Morgan fingerprint density at radius 2 is 2.10 bits per heavy atom. The van der Waals surface area contributed by atoms with E-state index in [0.29, 0.717) is 15.5 Å². The van der Waals surface area contributed by atoms with Crippen LogP contribution in [-0.2, 0) is 5.75 Å². The molecule has 2 aromatic rings. The summed E-state index contributed by atoms with van der Waals surface area (Å²) in [4.78, 5) is 13.6. The minimum Gasteiger partial charge on any atom is -0.289 e. The quantitative estimate of drug-likeness (QED) is 0.394. The van der Waals surface area contributed by atoms with Gasteiger partial charge in [-0.15, -0.1) is 23.1 Å². The molecule has 0 bridgehead atoms. The number of halogens is 2.